The summed E-state index contributed by atoms with van der Waals surface area (Å²) in [5.74, 6) is 0.206. The predicted octanol–water partition coefficient (Wildman–Crippen LogP) is 2.55. The Morgan fingerprint density at radius 2 is 2.11 bits per heavy atom. The summed E-state index contributed by atoms with van der Waals surface area (Å²) in [6.45, 7) is 1.63. The average molecular weight is 311 g/mol. The van der Waals surface area contributed by atoms with Gasteiger partial charge < -0.3 is 10.2 Å². The number of benzene rings is 1. The Labute approximate surface area is 117 Å². The number of rotatable bonds is 3. The van der Waals surface area contributed by atoms with E-state index in [1.807, 2.05) is 36.2 Å². The fraction of sp³-hybridized carbons (Fsp3) is 0.500. The first-order valence-corrected chi connectivity index (χ1v) is 7.19. The van der Waals surface area contributed by atoms with Gasteiger partial charge in [0.2, 0.25) is 5.91 Å². The maximum absolute atomic E-state index is 12.2. The number of nitrogens with one attached hydrogen (secondary N) is 1. The van der Waals surface area contributed by atoms with E-state index in [1.54, 1.807) is 0 Å². The van der Waals surface area contributed by atoms with E-state index in [2.05, 4.69) is 21.2 Å². The van der Waals surface area contributed by atoms with Gasteiger partial charge in [0.25, 0.3) is 0 Å². The first-order chi connectivity index (χ1) is 8.66. The van der Waals surface area contributed by atoms with Gasteiger partial charge in [-0.15, -0.1) is 0 Å². The Kier molecular flexibility index (Phi) is 4.78. The number of carbonyl (C=O) groups excluding carboxylic acids is 1. The third-order valence-electron chi connectivity index (χ3n) is 3.32. The molecule has 1 saturated heterocycles. The fourth-order valence-electron chi connectivity index (χ4n) is 2.27. The highest BCUT2D eigenvalue weighted by molar-refractivity contribution is 9.10. The minimum atomic E-state index is 0.0131. The molecule has 1 aliphatic heterocycles. The van der Waals surface area contributed by atoms with Crippen molar-refractivity contribution in [2.45, 2.75) is 31.8 Å². The van der Waals surface area contributed by atoms with Crippen molar-refractivity contribution in [3.8, 4) is 0 Å². The topological polar surface area (TPSA) is 32.3 Å². The maximum atomic E-state index is 12.2. The Bertz CT molecular complexity index is 399. The summed E-state index contributed by atoms with van der Waals surface area (Å²) in [6, 6.07) is 8.11. The highest BCUT2D eigenvalue weighted by Gasteiger charge is 2.23. The van der Waals surface area contributed by atoms with Gasteiger partial charge in [-0.1, -0.05) is 34.5 Å². The van der Waals surface area contributed by atoms with Crippen molar-refractivity contribution in [1.82, 2.24) is 10.2 Å². The average Bonchev–Trinajstić information content (AvgIpc) is 2.41. The standard InChI is InChI=1S/C14H19BrN2O/c1-17(10-11-5-7-12(15)8-6-11)14(18)13-4-2-3-9-16-13/h5-8,13,16H,2-4,9-10H2,1H3/t13-/m0/s1. The number of hydrogen-bond donors (Lipinski definition) is 1. The van der Waals surface area contributed by atoms with Crippen LogP contribution in [-0.4, -0.2) is 30.4 Å². The first-order valence-electron chi connectivity index (χ1n) is 6.39. The van der Waals surface area contributed by atoms with E-state index in [4.69, 9.17) is 0 Å². The molecule has 1 heterocycles. The van der Waals surface area contributed by atoms with Gasteiger partial charge in [0, 0.05) is 18.1 Å². The molecule has 0 aromatic heterocycles. The molecule has 1 fully saturated rings. The summed E-state index contributed by atoms with van der Waals surface area (Å²) < 4.78 is 1.06. The van der Waals surface area contributed by atoms with Crippen LogP contribution in [0.4, 0.5) is 0 Å². The van der Waals surface area contributed by atoms with Crippen LogP contribution in [0, 0.1) is 0 Å². The number of carbonyl (C=O) groups is 1. The lowest BCUT2D eigenvalue weighted by atomic mass is 10.0. The monoisotopic (exact) mass is 310 g/mol. The molecular weight excluding hydrogens is 292 g/mol. The number of likely N-dealkylation sites (N-methyl/N-ethyl adjacent to an activating group) is 1. The molecule has 1 aliphatic rings. The molecule has 4 heteroatoms. The van der Waals surface area contributed by atoms with Crippen molar-refractivity contribution in [1.29, 1.82) is 0 Å². The van der Waals surface area contributed by atoms with Crippen LogP contribution in [0.25, 0.3) is 0 Å². The summed E-state index contributed by atoms with van der Waals surface area (Å²) >= 11 is 3.41. The first kappa shape index (κ1) is 13.6. The van der Waals surface area contributed by atoms with Gasteiger partial charge in [-0.2, -0.15) is 0 Å². The van der Waals surface area contributed by atoms with E-state index in [1.165, 1.54) is 6.42 Å². The molecule has 1 atom stereocenters. The molecule has 98 valence electrons. The zero-order valence-corrected chi connectivity index (χ0v) is 12.2. The normalized spacial score (nSPS) is 19.6. The zero-order chi connectivity index (χ0) is 13.0. The number of halogens is 1. The van der Waals surface area contributed by atoms with E-state index in [0.717, 1.165) is 29.4 Å². The lowest BCUT2D eigenvalue weighted by Crippen LogP contribution is -2.46. The van der Waals surface area contributed by atoms with Gasteiger partial charge >= 0.3 is 0 Å². The summed E-state index contributed by atoms with van der Waals surface area (Å²) in [5, 5.41) is 3.30. The number of nitrogens with zero attached hydrogens (tertiary/aromatic N) is 1. The zero-order valence-electron chi connectivity index (χ0n) is 10.7. The third-order valence-corrected chi connectivity index (χ3v) is 3.85. The molecule has 0 aliphatic carbocycles. The second-order valence-electron chi connectivity index (χ2n) is 4.82. The molecule has 0 bridgehead atoms. The van der Waals surface area contributed by atoms with E-state index in [-0.39, 0.29) is 11.9 Å². The Balaban J connectivity index is 1.92. The van der Waals surface area contributed by atoms with Crippen LogP contribution >= 0.6 is 15.9 Å². The number of hydrogen-bond acceptors (Lipinski definition) is 2. The molecule has 1 N–H and O–H groups in total. The molecule has 1 amide bonds. The largest absolute Gasteiger partial charge is 0.340 e. The Morgan fingerprint density at radius 1 is 1.39 bits per heavy atom. The van der Waals surface area contributed by atoms with Crippen molar-refractivity contribution in [3.05, 3.63) is 34.3 Å². The van der Waals surface area contributed by atoms with Gasteiger partial charge in [0.05, 0.1) is 6.04 Å². The molecule has 3 nitrogen and oxygen atoms in total. The third kappa shape index (κ3) is 3.56. The molecule has 1 aromatic carbocycles. The number of piperidine rings is 1. The van der Waals surface area contributed by atoms with Crippen molar-refractivity contribution in [2.24, 2.45) is 0 Å². The van der Waals surface area contributed by atoms with Crippen LogP contribution in [0.1, 0.15) is 24.8 Å². The van der Waals surface area contributed by atoms with Crippen molar-refractivity contribution in [3.63, 3.8) is 0 Å². The SMILES string of the molecule is CN(Cc1ccc(Br)cc1)C(=O)[C@@H]1CCCCN1. The second-order valence-corrected chi connectivity index (χ2v) is 5.74. The van der Waals surface area contributed by atoms with Gasteiger partial charge in [0.15, 0.2) is 0 Å². The van der Waals surface area contributed by atoms with Crippen LogP contribution < -0.4 is 5.32 Å². The van der Waals surface area contributed by atoms with Crippen LogP contribution in [-0.2, 0) is 11.3 Å². The van der Waals surface area contributed by atoms with E-state index in [9.17, 15) is 4.79 Å². The lowest BCUT2D eigenvalue weighted by molar-refractivity contribution is -0.133. The van der Waals surface area contributed by atoms with Gasteiger partial charge in [0.1, 0.15) is 0 Å². The minimum absolute atomic E-state index is 0.0131. The molecule has 0 saturated carbocycles. The molecule has 0 spiro atoms. The van der Waals surface area contributed by atoms with Crippen LogP contribution in [0.15, 0.2) is 28.7 Å². The van der Waals surface area contributed by atoms with Crippen molar-refractivity contribution >= 4 is 21.8 Å². The highest BCUT2D eigenvalue weighted by Crippen LogP contribution is 2.14. The summed E-state index contributed by atoms with van der Waals surface area (Å²) in [5.41, 5.74) is 1.16. The molecule has 0 unspecified atom stereocenters. The van der Waals surface area contributed by atoms with E-state index in [0.29, 0.717) is 6.54 Å². The van der Waals surface area contributed by atoms with Crippen molar-refractivity contribution < 1.29 is 4.79 Å². The minimum Gasteiger partial charge on any atom is -0.340 e. The second kappa shape index (κ2) is 6.34. The van der Waals surface area contributed by atoms with E-state index < -0.39 is 0 Å². The molecule has 2 rings (SSSR count). The molecular formula is C14H19BrN2O. The smallest absolute Gasteiger partial charge is 0.239 e. The van der Waals surface area contributed by atoms with Crippen LogP contribution in [0.5, 0.6) is 0 Å². The molecule has 1 aromatic rings. The predicted molar refractivity (Wildman–Crippen MR) is 76.3 cm³/mol. The number of amides is 1. The van der Waals surface area contributed by atoms with Gasteiger partial charge in [-0.05, 0) is 37.1 Å². The summed E-state index contributed by atoms with van der Waals surface area (Å²) in [7, 11) is 1.88. The summed E-state index contributed by atoms with van der Waals surface area (Å²) in [6.07, 6.45) is 3.29. The quantitative estimate of drug-likeness (QED) is 0.930. The Morgan fingerprint density at radius 3 is 2.72 bits per heavy atom. The lowest BCUT2D eigenvalue weighted by Gasteiger charge is -2.27. The highest BCUT2D eigenvalue weighted by atomic mass is 79.9. The van der Waals surface area contributed by atoms with Gasteiger partial charge in [-0.3, -0.25) is 4.79 Å². The summed E-state index contributed by atoms with van der Waals surface area (Å²) in [4.78, 5) is 14.0. The molecule has 18 heavy (non-hydrogen) atoms. The van der Waals surface area contributed by atoms with Crippen LogP contribution in [0.2, 0.25) is 0 Å². The van der Waals surface area contributed by atoms with Crippen LogP contribution in [0.3, 0.4) is 0 Å². The Hall–Kier alpha value is -0.870. The maximum Gasteiger partial charge on any atom is 0.239 e. The van der Waals surface area contributed by atoms with Crippen molar-refractivity contribution in [2.75, 3.05) is 13.6 Å². The van der Waals surface area contributed by atoms with Gasteiger partial charge in [-0.25, -0.2) is 0 Å². The fourth-order valence-corrected chi connectivity index (χ4v) is 2.53. The van der Waals surface area contributed by atoms with E-state index >= 15 is 0 Å². The molecule has 0 radical (unpaired) electrons.